The van der Waals surface area contributed by atoms with Crippen LogP contribution in [0.3, 0.4) is 0 Å². The van der Waals surface area contributed by atoms with Crippen LogP contribution in [0.2, 0.25) is 0 Å². The van der Waals surface area contributed by atoms with E-state index in [1.54, 1.807) is 12.4 Å². The average Bonchev–Trinajstić information content (AvgIpc) is 3.41. The van der Waals surface area contributed by atoms with E-state index < -0.39 is 0 Å². The highest BCUT2D eigenvalue weighted by molar-refractivity contribution is 6.02. The zero-order chi connectivity index (χ0) is 27.3. The lowest BCUT2D eigenvalue weighted by Gasteiger charge is -2.35. The molecule has 0 N–H and O–H groups in total. The maximum Gasteiger partial charge on any atom is 0.246 e. The van der Waals surface area contributed by atoms with E-state index in [4.69, 9.17) is 14.7 Å². The molecule has 0 spiro atoms. The number of hydrogen-bond donors (Lipinski definition) is 0. The number of hydrogen-bond acceptors (Lipinski definition) is 5. The number of carbonyl (C=O) groups excluding carboxylic acids is 1. The van der Waals surface area contributed by atoms with Crippen LogP contribution in [0, 0.1) is 0 Å². The molecule has 0 aliphatic carbocycles. The van der Waals surface area contributed by atoms with Crippen molar-refractivity contribution in [3.8, 4) is 22.6 Å². The number of rotatable bonds is 7. The Kier molecular flexibility index (Phi) is 7.26. The molecule has 1 amide bonds. The van der Waals surface area contributed by atoms with E-state index in [0.29, 0.717) is 32.8 Å². The van der Waals surface area contributed by atoms with Crippen molar-refractivity contribution in [2.24, 2.45) is 0 Å². The number of benzene rings is 3. The molecule has 0 saturated carbocycles. The fourth-order valence-electron chi connectivity index (χ4n) is 5.16. The first kappa shape index (κ1) is 25.4. The SMILES string of the molecule is CCOc1ccc(-n2cc(-c3ccccc3)c3c(N4CCN(C(=O)/C=C/c5ccccc5)CC4)ncnc32)cc1. The molecule has 3 aromatic carbocycles. The molecule has 0 bridgehead atoms. The number of aromatic nitrogens is 3. The van der Waals surface area contributed by atoms with Gasteiger partial charge in [0.15, 0.2) is 5.65 Å². The average molecular weight is 530 g/mol. The first-order valence-corrected chi connectivity index (χ1v) is 13.6. The molecule has 0 atom stereocenters. The molecule has 1 saturated heterocycles. The van der Waals surface area contributed by atoms with Gasteiger partial charge >= 0.3 is 0 Å². The number of piperazine rings is 1. The van der Waals surface area contributed by atoms with Crippen LogP contribution in [0.4, 0.5) is 5.82 Å². The van der Waals surface area contributed by atoms with Gasteiger partial charge in [0.05, 0.1) is 12.0 Å². The Hall–Kier alpha value is -4.91. The van der Waals surface area contributed by atoms with Crippen LogP contribution in [0.1, 0.15) is 12.5 Å². The Labute approximate surface area is 234 Å². The van der Waals surface area contributed by atoms with Gasteiger partial charge in [-0.2, -0.15) is 0 Å². The lowest BCUT2D eigenvalue weighted by Crippen LogP contribution is -2.48. The predicted octanol–water partition coefficient (Wildman–Crippen LogP) is 5.85. The van der Waals surface area contributed by atoms with Gasteiger partial charge in [0.2, 0.25) is 5.91 Å². The highest BCUT2D eigenvalue weighted by Crippen LogP contribution is 2.37. The van der Waals surface area contributed by atoms with E-state index in [-0.39, 0.29) is 5.91 Å². The molecule has 5 aromatic rings. The zero-order valence-corrected chi connectivity index (χ0v) is 22.5. The minimum absolute atomic E-state index is 0.0305. The van der Waals surface area contributed by atoms with Crippen LogP contribution in [-0.4, -0.2) is 58.1 Å². The Morgan fingerprint density at radius 1 is 0.875 bits per heavy atom. The van der Waals surface area contributed by atoms with Crippen molar-refractivity contribution in [2.75, 3.05) is 37.7 Å². The van der Waals surface area contributed by atoms with E-state index in [1.807, 2.05) is 90.7 Å². The first-order chi connectivity index (χ1) is 19.7. The highest BCUT2D eigenvalue weighted by atomic mass is 16.5. The molecule has 1 fully saturated rings. The summed E-state index contributed by atoms with van der Waals surface area (Å²) in [7, 11) is 0. The smallest absolute Gasteiger partial charge is 0.246 e. The molecular weight excluding hydrogens is 498 g/mol. The minimum atomic E-state index is 0.0305. The van der Waals surface area contributed by atoms with Crippen molar-refractivity contribution >= 4 is 28.8 Å². The lowest BCUT2D eigenvalue weighted by atomic mass is 10.1. The topological polar surface area (TPSA) is 63.5 Å². The van der Waals surface area contributed by atoms with Gasteiger partial charge in [-0.1, -0.05) is 60.7 Å². The summed E-state index contributed by atoms with van der Waals surface area (Å²) >= 11 is 0. The van der Waals surface area contributed by atoms with Crippen molar-refractivity contribution in [1.82, 2.24) is 19.4 Å². The van der Waals surface area contributed by atoms with Crippen molar-refractivity contribution in [3.05, 3.63) is 109 Å². The molecule has 7 heteroatoms. The van der Waals surface area contributed by atoms with Crippen LogP contribution < -0.4 is 9.64 Å². The second kappa shape index (κ2) is 11.5. The molecule has 7 nitrogen and oxygen atoms in total. The van der Waals surface area contributed by atoms with Crippen LogP contribution in [0.5, 0.6) is 5.75 Å². The summed E-state index contributed by atoms with van der Waals surface area (Å²) in [6.07, 6.45) is 7.32. The second-order valence-electron chi connectivity index (χ2n) is 9.66. The number of nitrogens with zero attached hydrogens (tertiary/aromatic N) is 5. The molecule has 200 valence electrons. The Morgan fingerprint density at radius 3 is 2.27 bits per heavy atom. The fourth-order valence-corrected chi connectivity index (χ4v) is 5.16. The van der Waals surface area contributed by atoms with Crippen molar-refractivity contribution in [1.29, 1.82) is 0 Å². The van der Waals surface area contributed by atoms with E-state index in [9.17, 15) is 4.79 Å². The summed E-state index contributed by atoms with van der Waals surface area (Å²) in [6.45, 7) is 5.25. The molecule has 1 aliphatic heterocycles. The first-order valence-electron chi connectivity index (χ1n) is 13.6. The normalized spacial score (nSPS) is 13.7. The summed E-state index contributed by atoms with van der Waals surface area (Å²) in [5.74, 6) is 1.76. The van der Waals surface area contributed by atoms with Gasteiger partial charge in [-0.25, -0.2) is 9.97 Å². The number of amides is 1. The maximum absolute atomic E-state index is 12.9. The van der Waals surface area contributed by atoms with Gasteiger partial charge in [0.25, 0.3) is 0 Å². The van der Waals surface area contributed by atoms with E-state index >= 15 is 0 Å². The van der Waals surface area contributed by atoms with Crippen LogP contribution in [-0.2, 0) is 4.79 Å². The molecule has 40 heavy (non-hydrogen) atoms. The lowest BCUT2D eigenvalue weighted by molar-refractivity contribution is -0.126. The minimum Gasteiger partial charge on any atom is -0.494 e. The number of ether oxygens (including phenoxy) is 1. The van der Waals surface area contributed by atoms with Gasteiger partial charge in [-0.3, -0.25) is 4.79 Å². The summed E-state index contributed by atoms with van der Waals surface area (Å²) in [6, 6.07) is 28.3. The third kappa shape index (κ3) is 5.18. The molecule has 0 unspecified atom stereocenters. The number of anilines is 1. The second-order valence-corrected chi connectivity index (χ2v) is 9.66. The third-order valence-corrected chi connectivity index (χ3v) is 7.18. The van der Waals surface area contributed by atoms with Gasteiger partial charge in [-0.05, 0) is 48.4 Å². The molecule has 3 heterocycles. The quantitative estimate of drug-likeness (QED) is 0.248. The summed E-state index contributed by atoms with van der Waals surface area (Å²) in [4.78, 5) is 26.5. The fraction of sp³-hybridized carbons (Fsp3) is 0.182. The number of fused-ring (bicyclic) bond motifs is 1. The largest absolute Gasteiger partial charge is 0.494 e. The van der Waals surface area contributed by atoms with Gasteiger partial charge in [-0.15, -0.1) is 0 Å². The van der Waals surface area contributed by atoms with Crippen molar-refractivity contribution in [2.45, 2.75) is 6.92 Å². The summed E-state index contributed by atoms with van der Waals surface area (Å²) < 4.78 is 7.76. The van der Waals surface area contributed by atoms with Gasteiger partial charge in [0, 0.05) is 49.7 Å². The van der Waals surface area contributed by atoms with E-state index in [1.165, 1.54) is 0 Å². The maximum atomic E-state index is 12.9. The van der Waals surface area contributed by atoms with Crippen molar-refractivity contribution in [3.63, 3.8) is 0 Å². The Morgan fingerprint density at radius 2 is 1.57 bits per heavy atom. The molecule has 2 aromatic heterocycles. The number of carbonyl (C=O) groups is 1. The molecule has 1 aliphatic rings. The monoisotopic (exact) mass is 529 g/mol. The third-order valence-electron chi connectivity index (χ3n) is 7.18. The van der Waals surface area contributed by atoms with Crippen molar-refractivity contribution < 1.29 is 9.53 Å². The Bertz CT molecular complexity index is 1620. The van der Waals surface area contributed by atoms with E-state index in [2.05, 4.69) is 27.8 Å². The molecular formula is C33H31N5O2. The van der Waals surface area contributed by atoms with Crippen LogP contribution in [0.25, 0.3) is 33.9 Å². The van der Waals surface area contributed by atoms with E-state index in [0.717, 1.165) is 45.0 Å². The molecule has 0 radical (unpaired) electrons. The predicted molar refractivity (Wildman–Crippen MR) is 160 cm³/mol. The van der Waals surface area contributed by atoms with Gasteiger partial charge < -0.3 is 19.1 Å². The zero-order valence-electron chi connectivity index (χ0n) is 22.5. The summed E-state index contributed by atoms with van der Waals surface area (Å²) in [5.41, 5.74) is 5.04. The Balaban J connectivity index is 1.31. The summed E-state index contributed by atoms with van der Waals surface area (Å²) in [5, 5.41) is 1.01. The highest BCUT2D eigenvalue weighted by Gasteiger charge is 2.25. The molecule has 6 rings (SSSR count). The van der Waals surface area contributed by atoms with Crippen LogP contribution in [0.15, 0.2) is 104 Å². The van der Waals surface area contributed by atoms with Crippen LogP contribution >= 0.6 is 0 Å². The van der Waals surface area contributed by atoms with Gasteiger partial charge in [0.1, 0.15) is 17.9 Å². The standard InChI is InChI=1S/C33H31N5O2/c1-2-40-28-16-14-27(15-17-28)38-23-29(26-11-7-4-8-12-26)31-32(34-24-35-33(31)38)37-21-19-36(20-22-37)30(39)18-13-25-9-5-3-6-10-25/h3-18,23-24H,2,19-22H2,1H3/b18-13+.